The van der Waals surface area contributed by atoms with Gasteiger partial charge in [-0.25, -0.2) is 0 Å². The molecule has 0 spiro atoms. The van der Waals surface area contributed by atoms with E-state index < -0.39 is 0 Å². The fourth-order valence-electron chi connectivity index (χ4n) is 0.731. The van der Waals surface area contributed by atoms with E-state index in [1.807, 2.05) is 6.07 Å². The van der Waals surface area contributed by atoms with Crippen LogP contribution in [0.1, 0.15) is 19.4 Å². The van der Waals surface area contributed by atoms with Crippen LogP contribution in [0.15, 0.2) is 34.7 Å². The average Bonchev–Trinajstić information content (AvgIpc) is 2.34. The summed E-state index contributed by atoms with van der Waals surface area (Å²) in [5.41, 5.74) is 2.59. The quantitative estimate of drug-likeness (QED) is 0.570. The van der Waals surface area contributed by atoms with Gasteiger partial charge < -0.3 is 4.42 Å². The van der Waals surface area contributed by atoms with Gasteiger partial charge in [0.05, 0.1) is 12.5 Å². The van der Waals surface area contributed by atoms with E-state index in [-0.39, 0.29) is 0 Å². The van der Waals surface area contributed by atoms with Gasteiger partial charge in [-0.1, -0.05) is 11.6 Å². The number of allylic oxidation sites excluding steroid dienone is 2. The molecule has 0 N–H and O–H groups in total. The molecule has 0 saturated heterocycles. The number of furan rings is 1. The van der Waals surface area contributed by atoms with E-state index >= 15 is 0 Å². The van der Waals surface area contributed by atoms with Gasteiger partial charge in [-0.05, 0) is 31.9 Å². The molecule has 1 aromatic rings. The molecule has 0 unspecified atom stereocenters. The lowest BCUT2D eigenvalue weighted by Crippen LogP contribution is -1.74. The molecule has 0 radical (unpaired) electrons. The highest BCUT2D eigenvalue weighted by Gasteiger charge is 1.88. The third-order valence-corrected chi connectivity index (χ3v) is 1.33. The Balaban J connectivity index is 2.49. The zero-order chi connectivity index (χ0) is 7.40. The van der Waals surface area contributed by atoms with Gasteiger partial charge >= 0.3 is 0 Å². The molecule has 1 heteroatoms. The lowest BCUT2D eigenvalue weighted by atomic mass is 10.2. The van der Waals surface area contributed by atoms with Gasteiger partial charge in [-0.3, -0.25) is 0 Å². The number of rotatable bonds is 2. The number of hydrogen-bond donors (Lipinski definition) is 0. The third-order valence-electron chi connectivity index (χ3n) is 1.33. The predicted octanol–water partition coefficient (Wildman–Crippen LogP) is 2.79. The van der Waals surface area contributed by atoms with Crippen molar-refractivity contribution in [2.45, 2.75) is 20.3 Å². The van der Waals surface area contributed by atoms with E-state index in [2.05, 4.69) is 19.9 Å². The Kier molecular flexibility index (Phi) is 2.32. The van der Waals surface area contributed by atoms with Crippen LogP contribution in [0.4, 0.5) is 0 Å². The molecule has 1 nitrogen and oxygen atoms in total. The van der Waals surface area contributed by atoms with Gasteiger partial charge in [-0.15, -0.1) is 0 Å². The fraction of sp³-hybridized carbons (Fsp3) is 0.333. The van der Waals surface area contributed by atoms with Crippen LogP contribution in [0, 0.1) is 0 Å². The first kappa shape index (κ1) is 7.13. The van der Waals surface area contributed by atoms with Crippen molar-refractivity contribution in [3.8, 4) is 0 Å². The number of hydrogen-bond acceptors (Lipinski definition) is 1. The highest BCUT2D eigenvalue weighted by molar-refractivity contribution is 5.11. The van der Waals surface area contributed by atoms with E-state index in [9.17, 15) is 0 Å². The van der Waals surface area contributed by atoms with Crippen LogP contribution in [-0.4, -0.2) is 0 Å². The van der Waals surface area contributed by atoms with E-state index in [0.717, 1.165) is 6.42 Å². The smallest absolute Gasteiger partial charge is 0.0937 e. The molecule has 0 bridgehead atoms. The lowest BCUT2D eigenvalue weighted by molar-refractivity contribution is 0.565. The minimum Gasteiger partial charge on any atom is -0.472 e. The first-order chi connectivity index (χ1) is 4.79. The predicted molar refractivity (Wildman–Crippen MR) is 41.8 cm³/mol. The fourth-order valence-corrected chi connectivity index (χ4v) is 0.731. The first-order valence-electron chi connectivity index (χ1n) is 3.43. The summed E-state index contributed by atoms with van der Waals surface area (Å²) in [6.45, 7) is 4.19. The molecule has 1 aromatic heterocycles. The van der Waals surface area contributed by atoms with Crippen molar-refractivity contribution < 1.29 is 4.42 Å². The summed E-state index contributed by atoms with van der Waals surface area (Å²) in [7, 11) is 0. The Bertz CT molecular complexity index is 203. The molecule has 10 heavy (non-hydrogen) atoms. The molecule has 1 rings (SSSR count). The molecular formula is C9H12O. The molecule has 54 valence electrons. The average molecular weight is 136 g/mol. The highest BCUT2D eigenvalue weighted by atomic mass is 16.3. The Hall–Kier alpha value is -0.980. The summed E-state index contributed by atoms with van der Waals surface area (Å²) in [6, 6.07) is 1.99. The van der Waals surface area contributed by atoms with E-state index in [1.54, 1.807) is 12.5 Å². The topological polar surface area (TPSA) is 13.1 Å². The van der Waals surface area contributed by atoms with Crippen LogP contribution in [0.5, 0.6) is 0 Å². The molecule has 0 aliphatic heterocycles. The van der Waals surface area contributed by atoms with Gasteiger partial charge in [0.15, 0.2) is 0 Å². The van der Waals surface area contributed by atoms with Gasteiger partial charge in [-0.2, -0.15) is 0 Å². The summed E-state index contributed by atoms with van der Waals surface area (Å²) < 4.78 is 4.92. The molecule has 0 aromatic carbocycles. The lowest BCUT2D eigenvalue weighted by Gasteiger charge is -1.88. The van der Waals surface area contributed by atoms with Crippen molar-refractivity contribution in [2.75, 3.05) is 0 Å². The van der Waals surface area contributed by atoms with Crippen LogP contribution < -0.4 is 0 Å². The SMILES string of the molecule is CC(C)=CCc1ccoc1. The van der Waals surface area contributed by atoms with Gasteiger partial charge in [0.2, 0.25) is 0 Å². The van der Waals surface area contributed by atoms with Gasteiger partial charge in [0.1, 0.15) is 0 Å². The maximum atomic E-state index is 4.92. The molecular weight excluding hydrogens is 124 g/mol. The Morgan fingerprint density at radius 1 is 1.60 bits per heavy atom. The Labute approximate surface area is 61.4 Å². The van der Waals surface area contributed by atoms with Crippen molar-refractivity contribution in [1.29, 1.82) is 0 Å². The highest BCUT2D eigenvalue weighted by Crippen LogP contribution is 2.02. The minimum atomic E-state index is 0.985. The minimum absolute atomic E-state index is 0.985. The molecule has 0 aliphatic carbocycles. The van der Waals surface area contributed by atoms with Crippen molar-refractivity contribution in [3.63, 3.8) is 0 Å². The molecule has 0 saturated carbocycles. The maximum absolute atomic E-state index is 4.92. The second kappa shape index (κ2) is 3.25. The van der Waals surface area contributed by atoms with E-state index in [1.165, 1.54) is 11.1 Å². The summed E-state index contributed by atoms with van der Waals surface area (Å²) in [4.78, 5) is 0. The summed E-state index contributed by atoms with van der Waals surface area (Å²) in [5.74, 6) is 0. The zero-order valence-corrected chi connectivity index (χ0v) is 6.42. The van der Waals surface area contributed by atoms with E-state index in [4.69, 9.17) is 4.42 Å². The first-order valence-corrected chi connectivity index (χ1v) is 3.43. The van der Waals surface area contributed by atoms with Gasteiger partial charge in [0.25, 0.3) is 0 Å². The molecule has 0 atom stereocenters. The van der Waals surface area contributed by atoms with Crippen LogP contribution in [0.3, 0.4) is 0 Å². The molecule has 0 aliphatic rings. The van der Waals surface area contributed by atoms with Gasteiger partial charge in [0, 0.05) is 0 Å². The van der Waals surface area contributed by atoms with Crippen molar-refractivity contribution >= 4 is 0 Å². The van der Waals surface area contributed by atoms with Crippen LogP contribution in [0.25, 0.3) is 0 Å². The standard InChI is InChI=1S/C9H12O/c1-8(2)3-4-9-5-6-10-7-9/h3,5-7H,4H2,1-2H3. The van der Waals surface area contributed by atoms with Crippen LogP contribution >= 0.6 is 0 Å². The second-order valence-corrected chi connectivity index (χ2v) is 2.62. The Morgan fingerprint density at radius 3 is 2.90 bits per heavy atom. The molecule has 0 fully saturated rings. The van der Waals surface area contributed by atoms with Crippen molar-refractivity contribution in [2.24, 2.45) is 0 Å². The van der Waals surface area contributed by atoms with Crippen LogP contribution in [-0.2, 0) is 6.42 Å². The largest absolute Gasteiger partial charge is 0.472 e. The summed E-state index contributed by atoms with van der Waals surface area (Å²) in [5, 5.41) is 0. The van der Waals surface area contributed by atoms with Crippen molar-refractivity contribution in [1.82, 2.24) is 0 Å². The molecule has 0 amide bonds. The molecule has 1 heterocycles. The normalized spacial score (nSPS) is 9.40. The van der Waals surface area contributed by atoms with Crippen LogP contribution in [0.2, 0.25) is 0 Å². The monoisotopic (exact) mass is 136 g/mol. The third kappa shape index (κ3) is 2.09. The van der Waals surface area contributed by atoms with Crippen molar-refractivity contribution in [3.05, 3.63) is 35.8 Å². The maximum Gasteiger partial charge on any atom is 0.0937 e. The zero-order valence-electron chi connectivity index (χ0n) is 6.42. The summed E-state index contributed by atoms with van der Waals surface area (Å²) in [6.07, 6.45) is 6.65. The van der Waals surface area contributed by atoms with E-state index in [0.29, 0.717) is 0 Å². The second-order valence-electron chi connectivity index (χ2n) is 2.62. The summed E-state index contributed by atoms with van der Waals surface area (Å²) >= 11 is 0. The Morgan fingerprint density at radius 2 is 2.40 bits per heavy atom.